The van der Waals surface area contributed by atoms with Gasteiger partial charge in [0.15, 0.2) is 11.0 Å². The second-order valence-corrected chi connectivity index (χ2v) is 7.68. The van der Waals surface area contributed by atoms with Crippen molar-refractivity contribution in [3.8, 4) is 22.8 Å². The Kier molecular flexibility index (Phi) is 4.21. The van der Waals surface area contributed by atoms with E-state index in [0.717, 1.165) is 0 Å². The molecule has 1 aromatic heterocycles. The number of benzene rings is 2. The van der Waals surface area contributed by atoms with Gasteiger partial charge in [0.1, 0.15) is 28.2 Å². The topological polar surface area (TPSA) is 48.7 Å². The number of fused-ring (bicyclic) bond motifs is 3. The molecule has 3 aromatic rings. The van der Waals surface area contributed by atoms with Crippen LogP contribution in [0.5, 0.6) is 11.5 Å². The average molecular weight is 403 g/mol. The van der Waals surface area contributed by atoms with Gasteiger partial charge in [-0.3, -0.25) is 4.79 Å². The lowest BCUT2D eigenvalue weighted by Crippen LogP contribution is -2.27. The molecule has 0 amide bonds. The van der Waals surface area contributed by atoms with Crippen molar-refractivity contribution in [2.24, 2.45) is 0 Å². The summed E-state index contributed by atoms with van der Waals surface area (Å²) in [6.07, 6.45) is 3.82. The smallest absolute Gasteiger partial charge is 0.197 e. The Morgan fingerprint density at radius 1 is 1.11 bits per heavy atom. The Labute approximate surface area is 165 Å². The standard InChI is InChI=1S/C21H16Cl2O4/c1-21(2)7-6-13-17(27-21)10-18(25-3)19-15(24)9-16(26-20(13)19)12-5-4-11(22)8-14(12)23/h4-10H,1-3H3. The van der Waals surface area contributed by atoms with E-state index in [2.05, 4.69) is 0 Å². The maximum absolute atomic E-state index is 12.9. The Bertz CT molecular complexity index is 1160. The van der Waals surface area contributed by atoms with Crippen LogP contribution in [0, 0.1) is 0 Å². The van der Waals surface area contributed by atoms with Gasteiger partial charge < -0.3 is 13.9 Å². The van der Waals surface area contributed by atoms with Crippen molar-refractivity contribution in [2.45, 2.75) is 19.4 Å². The molecule has 0 spiro atoms. The first kappa shape index (κ1) is 18.0. The zero-order valence-electron chi connectivity index (χ0n) is 14.9. The minimum atomic E-state index is -0.469. The van der Waals surface area contributed by atoms with E-state index >= 15 is 0 Å². The highest BCUT2D eigenvalue weighted by Crippen LogP contribution is 2.41. The molecule has 1 aliphatic rings. The van der Waals surface area contributed by atoms with Crippen LogP contribution in [0.3, 0.4) is 0 Å². The van der Waals surface area contributed by atoms with E-state index in [9.17, 15) is 4.79 Å². The van der Waals surface area contributed by atoms with E-state index in [4.69, 9.17) is 37.1 Å². The molecule has 0 fully saturated rings. The molecule has 0 aliphatic carbocycles. The van der Waals surface area contributed by atoms with Crippen LogP contribution in [0.1, 0.15) is 19.4 Å². The number of hydrogen-bond donors (Lipinski definition) is 0. The van der Waals surface area contributed by atoms with Crippen molar-refractivity contribution in [1.29, 1.82) is 0 Å². The molecular formula is C21H16Cl2O4. The van der Waals surface area contributed by atoms with Crippen LogP contribution in [0.25, 0.3) is 28.4 Å². The molecule has 0 N–H and O–H groups in total. The monoisotopic (exact) mass is 402 g/mol. The first-order chi connectivity index (χ1) is 12.8. The number of methoxy groups -OCH3 is 1. The van der Waals surface area contributed by atoms with Crippen LogP contribution in [-0.4, -0.2) is 12.7 Å². The fourth-order valence-corrected chi connectivity index (χ4v) is 3.63. The molecule has 6 heteroatoms. The highest BCUT2D eigenvalue weighted by atomic mass is 35.5. The SMILES string of the molecule is COc1cc2c(c3oc(-c4ccc(Cl)cc4Cl)cc(=O)c13)C=CC(C)(C)O2. The number of rotatable bonds is 2. The number of ether oxygens (including phenoxy) is 2. The third-order valence-electron chi connectivity index (χ3n) is 4.41. The van der Waals surface area contributed by atoms with Crippen LogP contribution in [0.2, 0.25) is 10.0 Å². The molecule has 2 heterocycles. The van der Waals surface area contributed by atoms with E-state index in [1.807, 2.05) is 26.0 Å². The lowest BCUT2D eigenvalue weighted by atomic mass is 9.99. The Morgan fingerprint density at radius 3 is 2.59 bits per heavy atom. The van der Waals surface area contributed by atoms with Gasteiger partial charge in [0.25, 0.3) is 0 Å². The molecule has 1 aliphatic heterocycles. The summed E-state index contributed by atoms with van der Waals surface area (Å²) in [5.41, 5.74) is 0.968. The number of hydrogen-bond acceptors (Lipinski definition) is 4. The summed E-state index contributed by atoms with van der Waals surface area (Å²) in [5, 5.41) is 1.26. The fourth-order valence-electron chi connectivity index (χ4n) is 3.12. The molecule has 0 saturated carbocycles. The second kappa shape index (κ2) is 6.32. The molecule has 0 radical (unpaired) electrons. The Morgan fingerprint density at radius 2 is 1.89 bits per heavy atom. The third kappa shape index (κ3) is 3.09. The van der Waals surface area contributed by atoms with Gasteiger partial charge in [-0.25, -0.2) is 0 Å². The molecule has 0 unspecified atom stereocenters. The van der Waals surface area contributed by atoms with Crippen molar-refractivity contribution in [3.05, 3.63) is 62.2 Å². The first-order valence-corrected chi connectivity index (χ1v) is 9.07. The molecular weight excluding hydrogens is 387 g/mol. The van der Waals surface area contributed by atoms with Gasteiger partial charge in [-0.05, 0) is 44.2 Å². The summed E-state index contributed by atoms with van der Waals surface area (Å²) in [7, 11) is 1.51. The van der Waals surface area contributed by atoms with Crippen LogP contribution in [-0.2, 0) is 0 Å². The number of halogens is 2. The summed E-state index contributed by atoms with van der Waals surface area (Å²) < 4.78 is 17.6. The second-order valence-electron chi connectivity index (χ2n) is 6.83. The van der Waals surface area contributed by atoms with Crippen LogP contribution in [0.15, 0.2) is 45.6 Å². The predicted molar refractivity (Wildman–Crippen MR) is 108 cm³/mol. The summed E-state index contributed by atoms with van der Waals surface area (Å²) in [4.78, 5) is 12.9. The molecule has 0 bridgehead atoms. The zero-order valence-corrected chi connectivity index (χ0v) is 16.4. The summed E-state index contributed by atoms with van der Waals surface area (Å²) in [6, 6.07) is 8.14. The highest BCUT2D eigenvalue weighted by molar-refractivity contribution is 6.36. The lowest BCUT2D eigenvalue weighted by molar-refractivity contribution is 0.158. The Balaban J connectivity index is 2.05. The summed E-state index contributed by atoms with van der Waals surface area (Å²) in [6.45, 7) is 3.90. The van der Waals surface area contributed by atoms with Crippen molar-refractivity contribution >= 4 is 40.2 Å². The zero-order chi connectivity index (χ0) is 19.3. The molecule has 138 valence electrons. The summed E-state index contributed by atoms with van der Waals surface area (Å²) >= 11 is 12.3. The van der Waals surface area contributed by atoms with E-state index in [-0.39, 0.29) is 5.43 Å². The quantitative estimate of drug-likeness (QED) is 0.530. The first-order valence-electron chi connectivity index (χ1n) is 8.31. The minimum Gasteiger partial charge on any atom is -0.496 e. The largest absolute Gasteiger partial charge is 0.496 e. The van der Waals surface area contributed by atoms with E-state index < -0.39 is 5.60 Å². The van der Waals surface area contributed by atoms with E-state index in [0.29, 0.717) is 49.4 Å². The molecule has 4 rings (SSSR count). The average Bonchev–Trinajstić information content (AvgIpc) is 2.59. The molecule has 0 atom stereocenters. The predicted octanol–water partition coefficient (Wildman–Crippen LogP) is 5.96. The van der Waals surface area contributed by atoms with Crippen molar-refractivity contribution in [2.75, 3.05) is 7.11 Å². The van der Waals surface area contributed by atoms with Crippen molar-refractivity contribution < 1.29 is 13.9 Å². The van der Waals surface area contributed by atoms with Gasteiger partial charge in [-0.1, -0.05) is 23.2 Å². The lowest BCUT2D eigenvalue weighted by Gasteiger charge is -2.28. The van der Waals surface area contributed by atoms with E-state index in [1.165, 1.54) is 13.2 Å². The Hall–Kier alpha value is -2.43. The highest BCUT2D eigenvalue weighted by Gasteiger charge is 2.27. The van der Waals surface area contributed by atoms with Crippen molar-refractivity contribution in [1.82, 2.24) is 0 Å². The van der Waals surface area contributed by atoms with Gasteiger partial charge in [-0.15, -0.1) is 0 Å². The molecule has 2 aromatic carbocycles. The molecule has 0 saturated heterocycles. The van der Waals surface area contributed by atoms with Crippen molar-refractivity contribution in [3.63, 3.8) is 0 Å². The van der Waals surface area contributed by atoms with Gasteiger partial charge in [0, 0.05) is 22.7 Å². The van der Waals surface area contributed by atoms with Crippen LogP contribution in [0.4, 0.5) is 0 Å². The van der Waals surface area contributed by atoms with Crippen LogP contribution < -0.4 is 14.9 Å². The van der Waals surface area contributed by atoms with Crippen LogP contribution >= 0.6 is 23.2 Å². The van der Waals surface area contributed by atoms with Gasteiger partial charge in [-0.2, -0.15) is 0 Å². The maximum Gasteiger partial charge on any atom is 0.197 e. The fraction of sp³-hybridized carbons (Fsp3) is 0.190. The molecule has 27 heavy (non-hydrogen) atoms. The summed E-state index contributed by atoms with van der Waals surface area (Å²) in [5.74, 6) is 1.34. The van der Waals surface area contributed by atoms with Gasteiger partial charge in [0.2, 0.25) is 0 Å². The van der Waals surface area contributed by atoms with Gasteiger partial charge in [0.05, 0.1) is 17.7 Å². The third-order valence-corrected chi connectivity index (χ3v) is 4.96. The molecule has 4 nitrogen and oxygen atoms in total. The maximum atomic E-state index is 12.9. The minimum absolute atomic E-state index is 0.227. The normalized spacial score (nSPS) is 14.7. The van der Waals surface area contributed by atoms with E-state index in [1.54, 1.807) is 24.3 Å². The van der Waals surface area contributed by atoms with Gasteiger partial charge >= 0.3 is 0 Å².